The van der Waals surface area contributed by atoms with Crippen LogP contribution in [0.25, 0.3) is 0 Å². The van der Waals surface area contributed by atoms with Crippen LogP contribution in [0.1, 0.15) is 129 Å². The summed E-state index contributed by atoms with van der Waals surface area (Å²) in [5.41, 5.74) is 0. The lowest BCUT2D eigenvalue weighted by Gasteiger charge is -2.15. The zero-order valence-corrected chi connectivity index (χ0v) is 17.6. The average Bonchev–Trinajstić information content (AvgIpc) is 2.63. The van der Waals surface area contributed by atoms with Gasteiger partial charge in [0.1, 0.15) is 0 Å². The Morgan fingerprint density at radius 3 is 1.36 bits per heavy atom. The van der Waals surface area contributed by atoms with Crippen molar-refractivity contribution >= 4 is 0 Å². The molecule has 2 nitrogen and oxygen atoms in total. The molecular formula is C23H48O2. The molecule has 1 atom stereocenters. The number of ether oxygens (including phenoxy) is 1. The Kier molecular flexibility index (Phi) is 21.9. The lowest BCUT2D eigenvalue weighted by atomic mass is 10.0. The van der Waals surface area contributed by atoms with Crippen LogP contribution in [0.15, 0.2) is 0 Å². The van der Waals surface area contributed by atoms with E-state index in [1.807, 2.05) is 0 Å². The molecule has 0 radical (unpaired) electrons. The fourth-order valence-corrected chi connectivity index (χ4v) is 3.54. The Labute approximate surface area is 159 Å². The highest BCUT2D eigenvalue weighted by Crippen LogP contribution is 2.15. The molecule has 0 bridgehead atoms. The molecule has 0 saturated heterocycles. The summed E-state index contributed by atoms with van der Waals surface area (Å²) < 4.78 is 5.61. The van der Waals surface area contributed by atoms with Crippen LogP contribution in [-0.4, -0.2) is 24.4 Å². The lowest BCUT2D eigenvalue weighted by molar-refractivity contribution is 0.0208. The Morgan fingerprint density at radius 2 is 1.00 bits per heavy atom. The van der Waals surface area contributed by atoms with E-state index in [0.717, 1.165) is 12.8 Å². The Hall–Kier alpha value is -0.0800. The zero-order chi connectivity index (χ0) is 18.4. The van der Waals surface area contributed by atoms with Crippen LogP contribution in [0.5, 0.6) is 0 Å². The summed E-state index contributed by atoms with van der Waals surface area (Å²) in [5, 5.41) is 8.80. The molecule has 152 valence electrons. The van der Waals surface area contributed by atoms with Gasteiger partial charge in [-0.15, -0.1) is 0 Å². The van der Waals surface area contributed by atoms with Crippen molar-refractivity contribution in [3.8, 4) is 0 Å². The van der Waals surface area contributed by atoms with Crippen LogP contribution >= 0.6 is 0 Å². The third kappa shape index (κ3) is 20.1. The molecule has 0 aromatic rings. The molecule has 0 aromatic carbocycles. The maximum atomic E-state index is 8.80. The monoisotopic (exact) mass is 356 g/mol. The second-order valence-corrected chi connectivity index (χ2v) is 7.72. The molecule has 1 N–H and O–H groups in total. The zero-order valence-electron chi connectivity index (χ0n) is 17.6. The maximum Gasteiger partial charge on any atom is 0.0701 e. The van der Waals surface area contributed by atoms with E-state index in [-0.39, 0.29) is 6.61 Å². The van der Waals surface area contributed by atoms with E-state index in [1.165, 1.54) is 103 Å². The number of aliphatic hydroxyl groups is 1. The van der Waals surface area contributed by atoms with Crippen LogP contribution in [0.2, 0.25) is 0 Å². The predicted octanol–water partition coefficient (Wildman–Crippen LogP) is 7.43. The first-order valence-electron chi connectivity index (χ1n) is 11.6. The third-order valence-corrected chi connectivity index (χ3v) is 5.28. The smallest absolute Gasteiger partial charge is 0.0701 e. The van der Waals surface area contributed by atoms with Gasteiger partial charge in [0.25, 0.3) is 0 Å². The molecule has 0 rings (SSSR count). The second kappa shape index (κ2) is 22.0. The van der Waals surface area contributed by atoms with E-state index in [9.17, 15) is 0 Å². The van der Waals surface area contributed by atoms with Gasteiger partial charge in [-0.1, -0.05) is 117 Å². The van der Waals surface area contributed by atoms with Crippen molar-refractivity contribution in [3.63, 3.8) is 0 Å². The minimum atomic E-state index is 0.148. The molecule has 25 heavy (non-hydrogen) atoms. The first-order valence-corrected chi connectivity index (χ1v) is 11.6. The van der Waals surface area contributed by atoms with Gasteiger partial charge in [-0.2, -0.15) is 0 Å². The van der Waals surface area contributed by atoms with E-state index in [1.54, 1.807) is 0 Å². The topological polar surface area (TPSA) is 29.5 Å². The van der Waals surface area contributed by atoms with Crippen LogP contribution in [-0.2, 0) is 4.74 Å². The largest absolute Gasteiger partial charge is 0.394 e. The number of rotatable bonds is 21. The summed E-state index contributed by atoms with van der Waals surface area (Å²) in [6.07, 6.45) is 25.3. The van der Waals surface area contributed by atoms with E-state index in [2.05, 4.69) is 13.8 Å². The first kappa shape index (κ1) is 24.9. The van der Waals surface area contributed by atoms with Gasteiger partial charge in [0.15, 0.2) is 0 Å². The number of aliphatic hydroxyl groups excluding tert-OH is 1. The van der Waals surface area contributed by atoms with Gasteiger partial charge in [-0.3, -0.25) is 0 Å². The molecule has 0 aromatic heterocycles. The van der Waals surface area contributed by atoms with Gasteiger partial charge in [-0.05, 0) is 12.8 Å². The standard InChI is InChI=1S/C23H48O2/c1-3-5-6-7-8-9-10-11-12-13-14-15-16-17-18-19-20-23(4-2)25-22-21-24/h23-24H,3-22H2,1-2H3. The van der Waals surface area contributed by atoms with E-state index < -0.39 is 0 Å². The van der Waals surface area contributed by atoms with Gasteiger partial charge in [-0.25, -0.2) is 0 Å². The summed E-state index contributed by atoms with van der Waals surface area (Å²) >= 11 is 0. The third-order valence-electron chi connectivity index (χ3n) is 5.28. The molecule has 0 fully saturated rings. The summed E-state index contributed by atoms with van der Waals surface area (Å²) in [6, 6.07) is 0. The van der Waals surface area contributed by atoms with Crippen LogP contribution in [0.3, 0.4) is 0 Å². The highest BCUT2D eigenvalue weighted by Gasteiger charge is 2.05. The summed E-state index contributed by atoms with van der Waals surface area (Å²) in [5.74, 6) is 0. The Morgan fingerprint density at radius 1 is 0.600 bits per heavy atom. The highest BCUT2D eigenvalue weighted by atomic mass is 16.5. The highest BCUT2D eigenvalue weighted by molar-refractivity contribution is 4.57. The number of hydrogen-bond donors (Lipinski definition) is 1. The first-order chi connectivity index (χ1) is 12.3. The van der Waals surface area contributed by atoms with Crippen molar-refractivity contribution in [3.05, 3.63) is 0 Å². The maximum absolute atomic E-state index is 8.80. The van der Waals surface area contributed by atoms with Gasteiger partial charge < -0.3 is 9.84 Å². The molecular weight excluding hydrogens is 308 g/mol. The SMILES string of the molecule is CCCCCCCCCCCCCCCCCCC(CC)OCCO. The molecule has 0 aliphatic heterocycles. The van der Waals surface area contributed by atoms with Gasteiger partial charge in [0.05, 0.1) is 19.3 Å². The average molecular weight is 357 g/mol. The number of unbranched alkanes of at least 4 members (excludes halogenated alkanes) is 15. The molecule has 0 saturated carbocycles. The quantitative estimate of drug-likeness (QED) is 0.217. The number of hydrogen-bond acceptors (Lipinski definition) is 2. The molecule has 0 aliphatic carbocycles. The van der Waals surface area contributed by atoms with Crippen molar-refractivity contribution in [1.82, 2.24) is 0 Å². The normalized spacial score (nSPS) is 12.6. The van der Waals surface area contributed by atoms with E-state index in [4.69, 9.17) is 9.84 Å². The molecule has 2 heteroatoms. The summed E-state index contributed by atoms with van der Waals surface area (Å²) in [7, 11) is 0. The van der Waals surface area contributed by atoms with Crippen molar-refractivity contribution in [2.45, 2.75) is 136 Å². The van der Waals surface area contributed by atoms with E-state index >= 15 is 0 Å². The summed E-state index contributed by atoms with van der Waals surface area (Å²) in [4.78, 5) is 0. The van der Waals surface area contributed by atoms with Gasteiger partial charge >= 0.3 is 0 Å². The molecule has 0 heterocycles. The van der Waals surface area contributed by atoms with Crippen molar-refractivity contribution in [2.75, 3.05) is 13.2 Å². The minimum absolute atomic E-state index is 0.148. The molecule has 1 unspecified atom stereocenters. The molecule has 0 amide bonds. The van der Waals surface area contributed by atoms with Crippen LogP contribution in [0.4, 0.5) is 0 Å². The van der Waals surface area contributed by atoms with Crippen molar-refractivity contribution < 1.29 is 9.84 Å². The van der Waals surface area contributed by atoms with Gasteiger partial charge in [0.2, 0.25) is 0 Å². The predicted molar refractivity (Wildman–Crippen MR) is 111 cm³/mol. The molecule has 0 aliphatic rings. The second-order valence-electron chi connectivity index (χ2n) is 7.72. The minimum Gasteiger partial charge on any atom is -0.394 e. The fourth-order valence-electron chi connectivity index (χ4n) is 3.54. The molecule has 0 spiro atoms. The van der Waals surface area contributed by atoms with Gasteiger partial charge in [0, 0.05) is 0 Å². The summed E-state index contributed by atoms with van der Waals surface area (Å²) in [6.45, 7) is 5.11. The van der Waals surface area contributed by atoms with Crippen molar-refractivity contribution in [1.29, 1.82) is 0 Å². The van der Waals surface area contributed by atoms with E-state index in [0.29, 0.717) is 12.7 Å². The Bertz CT molecular complexity index is 230. The fraction of sp³-hybridized carbons (Fsp3) is 1.00. The Balaban J connectivity index is 3.11. The van der Waals surface area contributed by atoms with Crippen LogP contribution in [0, 0.1) is 0 Å². The van der Waals surface area contributed by atoms with Crippen molar-refractivity contribution in [2.24, 2.45) is 0 Å². The van der Waals surface area contributed by atoms with Crippen LogP contribution < -0.4 is 0 Å². The lowest BCUT2D eigenvalue weighted by Crippen LogP contribution is -2.14.